The zero-order chi connectivity index (χ0) is 10.7. The first kappa shape index (κ1) is 11.1. The molecule has 2 atom stereocenters. The lowest BCUT2D eigenvalue weighted by molar-refractivity contribution is 0.453. The largest absolute Gasteiger partial charge is 0.328 e. The van der Waals surface area contributed by atoms with Crippen LogP contribution in [0.4, 0.5) is 8.78 Å². The summed E-state index contributed by atoms with van der Waals surface area (Å²) in [5.74, 6) is -0.906. The maximum absolute atomic E-state index is 13.2. The SMILES string of the molecule is CC(N)C(C)Cc1c(F)cccc1F. The zero-order valence-corrected chi connectivity index (χ0v) is 8.43. The topological polar surface area (TPSA) is 26.0 Å². The number of benzene rings is 1. The molecule has 3 heteroatoms. The van der Waals surface area contributed by atoms with Crippen LogP contribution in [0.5, 0.6) is 0 Å². The van der Waals surface area contributed by atoms with E-state index in [-0.39, 0.29) is 17.5 Å². The minimum absolute atomic E-state index is 0.0611. The highest BCUT2D eigenvalue weighted by atomic mass is 19.1. The molecule has 0 aliphatic carbocycles. The van der Waals surface area contributed by atoms with Gasteiger partial charge in [0.15, 0.2) is 0 Å². The molecule has 2 unspecified atom stereocenters. The second-order valence-electron chi connectivity index (χ2n) is 3.74. The van der Waals surface area contributed by atoms with Crippen molar-refractivity contribution in [2.75, 3.05) is 0 Å². The van der Waals surface area contributed by atoms with Crippen LogP contribution in [0.1, 0.15) is 19.4 Å². The maximum atomic E-state index is 13.2. The van der Waals surface area contributed by atoms with Crippen LogP contribution in [-0.4, -0.2) is 6.04 Å². The molecule has 14 heavy (non-hydrogen) atoms. The molecule has 0 aromatic heterocycles. The number of rotatable bonds is 3. The van der Waals surface area contributed by atoms with Crippen molar-refractivity contribution in [1.29, 1.82) is 0 Å². The quantitative estimate of drug-likeness (QED) is 0.795. The van der Waals surface area contributed by atoms with E-state index in [0.29, 0.717) is 6.42 Å². The van der Waals surface area contributed by atoms with E-state index in [4.69, 9.17) is 5.73 Å². The van der Waals surface area contributed by atoms with Crippen LogP contribution in [0.2, 0.25) is 0 Å². The van der Waals surface area contributed by atoms with Crippen LogP contribution in [-0.2, 0) is 6.42 Å². The molecular weight excluding hydrogens is 184 g/mol. The van der Waals surface area contributed by atoms with E-state index in [1.54, 1.807) is 0 Å². The minimum Gasteiger partial charge on any atom is -0.328 e. The normalized spacial score (nSPS) is 15.2. The van der Waals surface area contributed by atoms with Gasteiger partial charge in [-0.1, -0.05) is 13.0 Å². The number of hydrogen-bond donors (Lipinski definition) is 1. The van der Waals surface area contributed by atoms with Gasteiger partial charge in [-0.2, -0.15) is 0 Å². The van der Waals surface area contributed by atoms with E-state index in [1.807, 2.05) is 13.8 Å². The fraction of sp³-hybridized carbons (Fsp3) is 0.455. The monoisotopic (exact) mass is 199 g/mol. The van der Waals surface area contributed by atoms with Crippen molar-refractivity contribution in [3.63, 3.8) is 0 Å². The third kappa shape index (κ3) is 2.51. The summed E-state index contributed by atoms with van der Waals surface area (Å²) in [5, 5.41) is 0. The van der Waals surface area contributed by atoms with E-state index in [1.165, 1.54) is 18.2 Å². The molecule has 1 aromatic rings. The van der Waals surface area contributed by atoms with Crippen molar-refractivity contribution < 1.29 is 8.78 Å². The number of nitrogens with two attached hydrogens (primary N) is 1. The molecule has 1 nitrogen and oxygen atoms in total. The molecule has 0 aliphatic heterocycles. The van der Waals surface area contributed by atoms with Crippen molar-refractivity contribution in [3.8, 4) is 0 Å². The highest BCUT2D eigenvalue weighted by Gasteiger charge is 2.14. The van der Waals surface area contributed by atoms with Gasteiger partial charge in [0.25, 0.3) is 0 Å². The van der Waals surface area contributed by atoms with Gasteiger partial charge in [-0.25, -0.2) is 8.78 Å². The molecule has 0 saturated heterocycles. The van der Waals surface area contributed by atoms with Gasteiger partial charge in [-0.05, 0) is 31.4 Å². The van der Waals surface area contributed by atoms with Gasteiger partial charge < -0.3 is 5.73 Å². The molecule has 0 spiro atoms. The molecule has 0 fully saturated rings. The molecule has 0 aliphatic rings. The molecule has 0 amide bonds. The lowest BCUT2D eigenvalue weighted by Crippen LogP contribution is -2.26. The van der Waals surface area contributed by atoms with E-state index in [9.17, 15) is 8.78 Å². The third-order valence-corrected chi connectivity index (χ3v) is 2.49. The van der Waals surface area contributed by atoms with Gasteiger partial charge in [0, 0.05) is 11.6 Å². The fourth-order valence-electron chi connectivity index (χ4n) is 1.24. The van der Waals surface area contributed by atoms with Gasteiger partial charge in [0.05, 0.1) is 0 Å². The highest BCUT2D eigenvalue weighted by Crippen LogP contribution is 2.17. The molecule has 78 valence electrons. The van der Waals surface area contributed by atoms with Gasteiger partial charge >= 0.3 is 0 Å². The smallest absolute Gasteiger partial charge is 0.129 e. The van der Waals surface area contributed by atoms with E-state index < -0.39 is 11.6 Å². The molecule has 1 rings (SSSR count). The van der Waals surface area contributed by atoms with Gasteiger partial charge in [0.1, 0.15) is 11.6 Å². The Bertz CT molecular complexity index is 290. The Hall–Kier alpha value is -0.960. The van der Waals surface area contributed by atoms with E-state index >= 15 is 0 Å². The zero-order valence-electron chi connectivity index (χ0n) is 8.43. The molecular formula is C11H15F2N. The van der Waals surface area contributed by atoms with Crippen LogP contribution >= 0.6 is 0 Å². The summed E-state index contributed by atoms with van der Waals surface area (Å²) in [4.78, 5) is 0. The van der Waals surface area contributed by atoms with Crippen LogP contribution in [0.15, 0.2) is 18.2 Å². The first-order valence-corrected chi connectivity index (χ1v) is 4.71. The molecule has 1 aromatic carbocycles. The summed E-state index contributed by atoms with van der Waals surface area (Å²) in [6.45, 7) is 3.72. The standard InChI is InChI=1S/C11H15F2N/c1-7(8(2)14)6-9-10(12)4-3-5-11(9)13/h3-5,7-8H,6,14H2,1-2H3. The molecule has 0 heterocycles. The van der Waals surface area contributed by atoms with Gasteiger partial charge in [-0.15, -0.1) is 0 Å². The summed E-state index contributed by atoms with van der Waals surface area (Å²) in [7, 11) is 0. The average Bonchev–Trinajstić information content (AvgIpc) is 2.11. The Kier molecular flexibility index (Phi) is 3.58. The molecule has 2 N–H and O–H groups in total. The third-order valence-electron chi connectivity index (χ3n) is 2.49. The van der Waals surface area contributed by atoms with Gasteiger partial charge in [-0.3, -0.25) is 0 Å². The Morgan fingerprint density at radius 2 is 1.71 bits per heavy atom. The Morgan fingerprint density at radius 3 is 2.14 bits per heavy atom. The Labute approximate surface area is 82.9 Å². The van der Waals surface area contributed by atoms with Crippen molar-refractivity contribution in [2.45, 2.75) is 26.3 Å². The number of halogens is 2. The van der Waals surface area contributed by atoms with Crippen LogP contribution in [0.3, 0.4) is 0 Å². The summed E-state index contributed by atoms with van der Waals surface area (Å²) < 4.78 is 26.4. The second-order valence-corrected chi connectivity index (χ2v) is 3.74. The van der Waals surface area contributed by atoms with E-state index in [0.717, 1.165) is 0 Å². The van der Waals surface area contributed by atoms with Crippen molar-refractivity contribution >= 4 is 0 Å². The molecule has 0 saturated carbocycles. The van der Waals surface area contributed by atoms with E-state index in [2.05, 4.69) is 0 Å². The molecule has 0 bridgehead atoms. The summed E-state index contributed by atoms with van der Waals surface area (Å²) >= 11 is 0. The predicted octanol–water partition coefficient (Wildman–Crippen LogP) is 2.49. The fourth-order valence-corrected chi connectivity index (χ4v) is 1.24. The lowest BCUT2D eigenvalue weighted by Gasteiger charge is -2.16. The van der Waals surface area contributed by atoms with Crippen molar-refractivity contribution in [3.05, 3.63) is 35.4 Å². The van der Waals surface area contributed by atoms with Crippen LogP contribution < -0.4 is 5.73 Å². The van der Waals surface area contributed by atoms with Gasteiger partial charge in [0.2, 0.25) is 0 Å². The van der Waals surface area contributed by atoms with Crippen LogP contribution in [0.25, 0.3) is 0 Å². The first-order chi connectivity index (χ1) is 6.52. The maximum Gasteiger partial charge on any atom is 0.129 e. The first-order valence-electron chi connectivity index (χ1n) is 4.71. The second kappa shape index (κ2) is 4.51. The number of hydrogen-bond acceptors (Lipinski definition) is 1. The predicted molar refractivity (Wildman–Crippen MR) is 52.9 cm³/mol. The Balaban J connectivity index is 2.85. The van der Waals surface area contributed by atoms with Crippen molar-refractivity contribution in [1.82, 2.24) is 0 Å². The average molecular weight is 199 g/mol. The van der Waals surface area contributed by atoms with Crippen LogP contribution in [0, 0.1) is 17.6 Å². The minimum atomic E-state index is -0.488. The summed E-state index contributed by atoms with van der Waals surface area (Å²) in [6, 6.07) is 3.84. The lowest BCUT2D eigenvalue weighted by atomic mass is 9.95. The van der Waals surface area contributed by atoms with Crippen molar-refractivity contribution in [2.24, 2.45) is 11.7 Å². The summed E-state index contributed by atoms with van der Waals surface area (Å²) in [5.41, 5.74) is 5.78. The molecule has 0 radical (unpaired) electrons. The summed E-state index contributed by atoms with van der Waals surface area (Å²) in [6.07, 6.45) is 0.343. The highest BCUT2D eigenvalue weighted by molar-refractivity contribution is 5.20. The Morgan fingerprint density at radius 1 is 1.21 bits per heavy atom.